The molecule has 2 N–H and O–H groups in total. The molecule has 1 aliphatic carbocycles. The Morgan fingerprint density at radius 1 is 1.07 bits per heavy atom. The number of ether oxygens (including phenoxy) is 1. The topological polar surface area (TPSA) is 88.5 Å². The lowest BCUT2D eigenvalue weighted by atomic mass is 9.58. The number of piperidine rings is 1. The van der Waals surface area contributed by atoms with Crippen LogP contribution in [-0.4, -0.2) is 60.0 Å². The van der Waals surface area contributed by atoms with E-state index in [2.05, 4.69) is 54.4 Å². The summed E-state index contributed by atoms with van der Waals surface area (Å²) in [6.45, 7) is 11.5. The van der Waals surface area contributed by atoms with E-state index in [0.29, 0.717) is 18.2 Å². The molecule has 3 atom stereocenters. The second-order valence-electron chi connectivity index (χ2n) is 13.7. The van der Waals surface area contributed by atoms with Crippen LogP contribution in [0.1, 0.15) is 107 Å². The summed E-state index contributed by atoms with van der Waals surface area (Å²) in [5.41, 5.74) is 4.77. The third kappa shape index (κ3) is 6.85. The van der Waals surface area contributed by atoms with Crippen LogP contribution in [0.2, 0.25) is 0 Å². The zero-order valence-electron chi connectivity index (χ0n) is 27.8. The van der Waals surface area contributed by atoms with E-state index in [1.54, 1.807) is 4.68 Å². The number of nitrogens with zero attached hydrogens (tertiary/aromatic N) is 3. The molecule has 1 aromatic carbocycles. The molecule has 1 saturated carbocycles. The fraction of sp³-hybridized carbons (Fsp3) is 0.694. The Hall–Kier alpha value is -2.87. The molecule has 0 bridgehead atoms. The largest absolute Gasteiger partial charge is 0.381 e. The van der Waals surface area contributed by atoms with E-state index >= 15 is 0 Å². The highest BCUT2D eigenvalue weighted by molar-refractivity contribution is 5.99. The molecule has 2 amide bonds. The molecule has 2 saturated heterocycles. The van der Waals surface area contributed by atoms with Crippen LogP contribution in [-0.2, 0) is 16.6 Å². The highest BCUT2D eigenvalue weighted by Crippen LogP contribution is 2.48. The first-order chi connectivity index (χ1) is 21.2. The van der Waals surface area contributed by atoms with Crippen molar-refractivity contribution in [3.8, 4) is 11.1 Å². The molecule has 3 unspecified atom stereocenters. The maximum Gasteiger partial charge on any atom is 0.251 e. The van der Waals surface area contributed by atoms with Crippen LogP contribution < -0.4 is 15.5 Å². The van der Waals surface area contributed by atoms with Gasteiger partial charge in [-0.05, 0) is 81.0 Å². The van der Waals surface area contributed by atoms with Crippen LogP contribution in [0.3, 0.4) is 0 Å². The average molecular weight is 606 g/mol. The Morgan fingerprint density at radius 3 is 2.34 bits per heavy atom. The number of hydrogen-bond donors (Lipinski definition) is 2. The number of carbonyl (C=O) groups is 2. The first kappa shape index (κ1) is 32.5. The zero-order valence-corrected chi connectivity index (χ0v) is 27.8. The normalized spacial score (nSPS) is 24.9. The van der Waals surface area contributed by atoms with Gasteiger partial charge in [0.05, 0.1) is 12.1 Å². The minimum Gasteiger partial charge on any atom is -0.381 e. The van der Waals surface area contributed by atoms with Crippen molar-refractivity contribution in [2.24, 2.45) is 24.3 Å². The molecule has 242 valence electrons. The van der Waals surface area contributed by atoms with Crippen LogP contribution >= 0.6 is 0 Å². The Kier molecular flexibility index (Phi) is 10.7. The third-order valence-electron chi connectivity index (χ3n) is 11.3. The highest BCUT2D eigenvalue weighted by Gasteiger charge is 2.50. The second kappa shape index (κ2) is 14.5. The number of nitrogens with one attached hydrogen (secondary N) is 2. The van der Waals surface area contributed by atoms with Gasteiger partial charge < -0.3 is 20.3 Å². The van der Waals surface area contributed by atoms with Crippen molar-refractivity contribution in [2.45, 2.75) is 110 Å². The smallest absolute Gasteiger partial charge is 0.251 e. The maximum atomic E-state index is 14.1. The SMILES string of the molecule is CCN(c1cc(-c2cnn(C)c2)cc(C(=O)NCC2C(=O)NC(C)C3(CCCCCCCCC3)C2C)c1C)C1CCOCC1. The molecular weight excluding hydrogens is 550 g/mol. The molecule has 1 spiro atoms. The third-order valence-corrected chi connectivity index (χ3v) is 11.3. The lowest BCUT2D eigenvalue weighted by molar-refractivity contribution is -0.137. The predicted molar refractivity (Wildman–Crippen MR) is 177 cm³/mol. The quantitative estimate of drug-likeness (QED) is 0.381. The molecule has 8 nitrogen and oxygen atoms in total. The van der Waals surface area contributed by atoms with E-state index in [0.717, 1.165) is 67.8 Å². The summed E-state index contributed by atoms with van der Waals surface area (Å²) in [5.74, 6) is -0.0791. The summed E-state index contributed by atoms with van der Waals surface area (Å²) < 4.78 is 7.46. The maximum absolute atomic E-state index is 14.1. The monoisotopic (exact) mass is 605 g/mol. The fourth-order valence-corrected chi connectivity index (χ4v) is 8.45. The van der Waals surface area contributed by atoms with Crippen molar-refractivity contribution < 1.29 is 14.3 Å². The molecule has 3 heterocycles. The van der Waals surface area contributed by atoms with Crippen LogP contribution in [0, 0.1) is 24.2 Å². The van der Waals surface area contributed by atoms with Gasteiger partial charge in [-0.2, -0.15) is 5.10 Å². The van der Waals surface area contributed by atoms with E-state index in [1.807, 2.05) is 25.5 Å². The summed E-state index contributed by atoms with van der Waals surface area (Å²) in [6.07, 6.45) is 17.0. The predicted octanol–water partition coefficient (Wildman–Crippen LogP) is 6.41. The molecular formula is C36H55N5O3. The van der Waals surface area contributed by atoms with Crippen molar-refractivity contribution in [3.05, 3.63) is 35.7 Å². The van der Waals surface area contributed by atoms with Crippen molar-refractivity contribution >= 4 is 17.5 Å². The first-order valence-electron chi connectivity index (χ1n) is 17.3. The van der Waals surface area contributed by atoms with Gasteiger partial charge in [0.15, 0.2) is 0 Å². The molecule has 8 heteroatoms. The van der Waals surface area contributed by atoms with E-state index in [-0.39, 0.29) is 35.1 Å². The van der Waals surface area contributed by atoms with Gasteiger partial charge in [0, 0.05) is 68.4 Å². The molecule has 2 aromatic rings. The summed E-state index contributed by atoms with van der Waals surface area (Å²) >= 11 is 0. The number of benzene rings is 1. The van der Waals surface area contributed by atoms with E-state index in [4.69, 9.17) is 4.74 Å². The zero-order chi connectivity index (χ0) is 31.3. The van der Waals surface area contributed by atoms with E-state index in [9.17, 15) is 9.59 Å². The Bertz CT molecular complexity index is 1270. The molecule has 3 aliphatic rings. The minimum atomic E-state index is -0.242. The number of rotatable bonds is 7. The summed E-state index contributed by atoms with van der Waals surface area (Å²) in [4.78, 5) is 29.9. The van der Waals surface area contributed by atoms with Crippen LogP contribution in [0.4, 0.5) is 5.69 Å². The highest BCUT2D eigenvalue weighted by atomic mass is 16.5. The number of aromatic nitrogens is 2. The number of amides is 2. The van der Waals surface area contributed by atoms with Gasteiger partial charge in [0.2, 0.25) is 5.91 Å². The standard InChI is InChI=1S/C36H55N5O3/c1-6-41(30-14-18-44-19-15-30)33-21-28(29-22-38-40(5)24-29)20-31(25(33)2)34(42)37-23-32-26(3)36(27(4)39-35(32)43)16-12-10-8-7-9-11-13-17-36/h20-22,24,26-27,30,32H,6-19,23H2,1-5H3,(H,37,42)(H,39,43). The number of anilines is 1. The Labute approximate surface area is 264 Å². The summed E-state index contributed by atoms with van der Waals surface area (Å²) in [7, 11) is 1.91. The van der Waals surface area contributed by atoms with E-state index < -0.39 is 0 Å². The van der Waals surface area contributed by atoms with Crippen LogP contribution in [0.15, 0.2) is 24.5 Å². The van der Waals surface area contributed by atoms with Gasteiger partial charge in [0.1, 0.15) is 0 Å². The van der Waals surface area contributed by atoms with Crippen molar-refractivity contribution in [1.29, 1.82) is 0 Å². The second-order valence-corrected chi connectivity index (χ2v) is 13.7. The van der Waals surface area contributed by atoms with Gasteiger partial charge in [-0.1, -0.05) is 51.9 Å². The molecule has 5 rings (SSSR count). The average Bonchev–Trinajstić information content (AvgIpc) is 3.46. The Morgan fingerprint density at radius 2 is 1.73 bits per heavy atom. The fourth-order valence-electron chi connectivity index (χ4n) is 8.45. The minimum absolute atomic E-state index is 0.0752. The van der Waals surface area contributed by atoms with Crippen LogP contribution in [0.5, 0.6) is 0 Å². The van der Waals surface area contributed by atoms with Gasteiger partial charge in [0.25, 0.3) is 5.91 Å². The van der Waals surface area contributed by atoms with Crippen molar-refractivity contribution in [1.82, 2.24) is 20.4 Å². The molecule has 44 heavy (non-hydrogen) atoms. The van der Waals surface area contributed by atoms with Crippen molar-refractivity contribution in [2.75, 3.05) is 31.2 Å². The van der Waals surface area contributed by atoms with Gasteiger partial charge >= 0.3 is 0 Å². The summed E-state index contributed by atoms with van der Waals surface area (Å²) in [6, 6.07) is 4.74. The number of carbonyl (C=O) groups excluding carboxylic acids is 2. The van der Waals surface area contributed by atoms with Gasteiger partial charge in [-0.3, -0.25) is 14.3 Å². The molecule has 3 fully saturated rings. The first-order valence-corrected chi connectivity index (χ1v) is 17.3. The Balaban J connectivity index is 1.41. The molecule has 1 aromatic heterocycles. The van der Waals surface area contributed by atoms with E-state index in [1.165, 1.54) is 44.9 Å². The summed E-state index contributed by atoms with van der Waals surface area (Å²) in [5, 5.41) is 11.0. The lowest BCUT2D eigenvalue weighted by Gasteiger charge is -2.51. The lowest BCUT2D eigenvalue weighted by Crippen LogP contribution is -2.61. The molecule has 0 radical (unpaired) electrons. The number of aryl methyl sites for hydroxylation is 1. The molecule has 2 aliphatic heterocycles. The van der Waals surface area contributed by atoms with Crippen LogP contribution in [0.25, 0.3) is 11.1 Å². The van der Waals surface area contributed by atoms with Gasteiger partial charge in [-0.25, -0.2) is 0 Å². The van der Waals surface area contributed by atoms with Crippen molar-refractivity contribution in [3.63, 3.8) is 0 Å². The number of hydrogen-bond acceptors (Lipinski definition) is 5. The van der Waals surface area contributed by atoms with Gasteiger partial charge in [-0.15, -0.1) is 0 Å².